The fraction of sp³-hybridized carbons (Fsp3) is 0.769. The minimum absolute atomic E-state index is 0.758. The molecular weight excluding hydrogens is 269 g/mol. The van der Waals surface area contributed by atoms with E-state index in [0.29, 0.717) is 0 Å². The quantitative estimate of drug-likeness (QED) is 0.556. The Balaban J connectivity index is 2.43. The van der Waals surface area contributed by atoms with Crippen molar-refractivity contribution in [3.8, 4) is 0 Å². The van der Waals surface area contributed by atoms with Gasteiger partial charge in [-0.05, 0) is 32.7 Å². The molecule has 5 heteroatoms. The van der Waals surface area contributed by atoms with Crippen LogP contribution in [0.5, 0.6) is 0 Å². The fourth-order valence-electron chi connectivity index (χ4n) is 1.91. The molecule has 0 amide bonds. The number of hydrogen-bond donors (Lipinski definition) is 1. The van der Waals surface area contributed by atoms with Gasteiger partial charge in [0.05, 0.1) is 16.4 Å². The van der Waals surface area contributed by atoms with Crippen LogP contribution in [0, 0.1) is 0 Å². The van der Waals surface area contributed by atoms with E-state index in [1.165, 1.54) is 6.42 Å². The van der Waals surface area contributed by atoms with Crippen molar-refractivity contribution in [3.63, 3.8) is 0 Å². The summed E-state index contributed by atoms with van der Waals surface area (Å²) in [5.74, 6) is 0.758. The number of unbranched alkanes of at least 4 members (excludes halogenated alkanes) is 2. The van der Waals surface area contributed by atoms with Gasteiger partial charge in [0.25, 0.3) is 0 Å². The zero-order valence-electron chi connectivity index (χ0n) is 11.3. The van der Waals surface area contributed by atoms with Crippen molar-refractivity contribution in [1.82, 2.24) is 15.1 Å². The molecule has 0 saturated heterocycles. The lowest BCUT2D eigenvalue weighted by Gasteiger charge is -2.07. The Hall–Kier alpha value is -0.250. The standard InChI is InChI=1S/C13H23Cl2N3/c1-3-11-13(15)12(18(4-2)17-11)10-16-9-7-5-6-8-14/h16H,3-10H2,1-2H3. The third-order valence-corrected chi connectivity index (χ3v) is 3.68. The summed E-state index contributed by atoms with van der Waals surface area (Å²) in [6, 6.07) is 0. The van der Waals surface area contributed by atoms with Crippen LogP contribution in [0.1, 0.15) is 44.5 Å². The van der Waals surface area contributed by atoms with Gasteiger partial charge in [0.2, 0.25) is 0 Å². The van der Waals surface area contributed by atoms with Gasteiger partial charge in [0.1, 0.15) is 0 Å². The molecule has 0 atom stereocenters. The lowest BCUT2D eigenvalue weighted by Crippen LogP contribution is -2.18. The van der Waals surface area contributed by atoms with Gasteiger partial charge in [-0.2, -0.15) is 5.10 Å². The Morgan fingerprint density at radius 2 is 2.00 bits per heavy atom. The van der Waals surface area contributed by atoms with Gasteiger partial charge in [-0.3, -0.25) is 4.68 Å². The van der Waals surface area contributed by atoms with Crippen LogP contribution in [-0.4, -0.2) is 22.2 Å². The van der Waals surface area contributed by atoms with Crippen molar-refractivity contribution in [2.24, 2.45) is 0 Å². The van der Waals surface area contributed by atoms with Crippen LogP contribution in [0.2, 0.25) is 5.02 Å². The summed E-state index contributed by atoms with van der Waals surface area (Å²) in [4.78, 5) is 0. The topological polar surface area (TPSA) is 29.9 Å². The molecule has 0 aromatic carbocycles. The van der Waals surface area contributed by atoms with Crippen molar-refractivity contribution in [1.29, 1.82) is 0 Å². The Morgan fingerprint density at radius 1 is 1.22 bits per heavy atom. The number of rotatable bonds is 9. The molecule has 0 aliphatic carbocycles. The van der Waals surface area contributed by atoms with E-state index in [2.05, 4.69) is 24.3 Å². The molecule has 0 saturated carbocycles. The molecule has 18 heavy (non-hydrogen) atoms. The molecule has 104 valence electrons. The molecule has 0 bridgehead atoms. The van der Waals surface area contributed by atoms with Gasteiger partial charge in [0.15, 0.2) is 0 Å². The van der Waals surface area contributed by atoms with Crippen LogP contribution in [0.3, 0.4) is 0 Å². The number of aryl methyl sites for hydroxylation is 2. The molecule has 0 radical (unpaired) electrons. The zero-order valence-corrected chi connectivity index (χ0v) is 12.8. The summed E-state index contributed by atoms with van der Waals surface area (Å²) in [7, 11) is 0. The fourth-order valence-corrected chi connectivity index (χ4v) is 2.44. The number of nitrogens with zero attached hydrogens (tertiary/aromatic N) is 2. The molecule has 0 aliphatic rings. The first-order valence-corrected chi connectivity index (χ1v) is 7.66. The van der Waals surface area contributed by atoms with Crippen LogP contribution in [-0.2, 0) is 19.5 Å². The van der Waals surface area contributed by atoms with Crippen LogP contribution >= 0.6 is 23.2 Å². The summed E-state index contributed by atoms with van der Waals surface area (Å²) >= 11 is 12.0. The lowest BCUT2D eigenvalue weighted by molar-refractivity contribution is 0.562. The van der Waals surface area contributed by atoms with Gasteiger partial charge in [-0.25, -0.2) is 0 Å². The second-order valence-electron chi connectivity index (χ2n) is 4.30. The molecule has 1 N–H and O–H groups in total. The van der Waals surface area contributed by atoms with Crippen LogP contribution in [0.25, 0.3) is 0 Å². The normalized spacial score (nSPS) is 11.1. The summed E-state index contributed by atoms with van der Waals surface area (Å²) < 4.78 is 1.99. The third kappa shape index (κ3) is 4.45. The number of nitrogens with one attached hydrogen (secondary N) is 1. The maximum absolute atomic E-state index is 6.33. The Morgan fingerprint density at radius 3 is 2.61 bits per heavy atom. The van der Waals surface area contributed by atoms with E-state index < -0.39 is 0 Å². The summed E-state index contributed by atoms with van der Waals surface area (Å²) in [5.41, 5.74) is 2.10. The predicted molar refractivity (Wildman–Crippen MR) is 78.6 cm³/mol. The predicted octanol–water partition coefficient (Wildman–Crippen LogP) is 3.62. The van der Waals surface area contributed by atoms with E-state index in [9.17, 15) is 0 Å². The van der Waals surface area contributed by atoms with Crippen molar-refractivity contribution in [3.05, 3.63) is 16.4 Å². The minimum Gasteiger partial charge on any atom is -0.311 e. The van der Waals surface area contributed by atoms with Crippen molar-refractivity contribution < 1.29 is 0 Å². The van der Waals surface area contributed by atoms with E-state index in [-0.39, 0.29) is 0 Å². The Labute approximate surface area is 120 Å². The van der Waals surface area contributed by atoms with Gasteiger partial charge in [0, 0.05) is 19.0 Å². The van der Waals surface area contributed by atoms with E-state index in [4.69, 9.17) is 23.2 Å². The number of aromatic nitrogens is 2. The summed E-state index contributed by atoms with van der Waals surface area (Å²) in [6.45, 7) is 6.83. The third-order valence-electron chi connectivity index (χ3n) is 2.97. The van der Waals surface area contributed by atoms with Gasteiger partial charge in [-0.1, -0.05) is 24.9 Å². The molecular formula is C13H23Cl2N3. The average Bonchev–Trinajstić information content (AvgIpc) is 2.70. The second-order valence-corrected chi connectivity index (χ2v) is 5.06. The molecule has 0 aliphatic heterocycles. The van der Waals surface area contributed by atoms with Crippen molar-refractivity contribution >= 4 is 23.2 Å². The molecule has 1 rings (SSSR count). The highest BCUT2D eigenvalue weighted by Gasteiger charge is 2.13. The van der Waals surface area contributed by atoms with Gasteiger partial charge >= 0.3 is 0 Å². The monoisotopic (exact) mass is 291 g/mol. The smallest absolute Gasteiger partial charge is 0.0863 e. The summed E-state index contributed by atoms with van der Waals surface area (Å²) in [5, 5.41) is 8.75. The molecule has 0 unspecified atom stereocenters. The van der Waals surface area contributed by atoms with E-state index in [1.54, 1.807) is 0 Å². The van der Waals surface area contributed by atoms with Crippen molar-refractivity contribution in [2.75, 3.05) is 12.4 Å². The minimum atomic E-state index is 0.758. The molecule has 0 spiro atoms. The number of alkyl halides is 1. The maximum Gasteiger partial charge on any atom is 0.0863 e. The van der Waals surface area contributed by atoms with E-state index in [0.717, 1.165) is 61.2 Å². The highest BCUT2D eigenvalue weighted by atomic mass is 35.5. The number of hydrogen-bond acceptors (Lipinski definition) is 2. The SMILES string of the molecule is CCc1nn(CC)c(CNCCCCCCl)c1Cl. The first-order chi connectivity index (χ1) is 8.74. The van der Waals surface area contributed by atoms with Gasteiger partial charge < -0.3 is 5.32 Å². The highest BCUT2D eigenvalue weighted by Crippen LogP contribution is 2.21. The number of halogens is 2. The molecule has 1 aromatic heterocycles. The molecule has 1 aromatic rings. The first kappa shape index (κ1) is 15.8. The maximum atomic E-state index is 6.33. The average molecular weight is 292 g/mol. The molecule has 1 heterocycles. The highest BCUT2D eigenvalue weighted by molar-refractivity contribution is 6.31. The van der Waals surface area contributed by atoms with Crippen LogP contribution < -0.4 is 5.32 Å². The van der Waals surface area contributed by atoms with E-state index in [1.807, 2.05) is 4.68 Å². The Kier molecular flexibility index (Phi) is 7.71. The van der Waals surface area contributed by atoms with Crippen LogP contribution in [0.4, 0.5) is 0 Å². The largest absolute Gasteiger partial charge is 0.311 e. The zero-order chi connectivity index (χ0) is 13.4. The molecule has 0 fully saturated rings. The van der Waals surface area contributed by atoms with Crippen LogP contribution in [0.15, 0.2) is 0 Å². The molecule has 3 nitrogen and oxygen atoms in total. The van der Waals surface area contributed by atoms with E-state index >= 15 is 0 Å². The lowest BCUT2D eigenvalue weighted by atomic mass is 10.2. The Bertz CT molecular complexity index is 350. The van der Waals surface area contributed by atoms with Crippen molar-refractivity contribution in [2.45, 2.75) is 52.6 Å². The second kappa shape index (κ2) is 8.78. The van der Waals surface area contributed by atoms with Gasteiger partial charge in [-0.15, -0.1) is 11.6 Å². The first-order valence-electron chi connectivity index (χ1n) is 6.75. The summed E-state index contributed by atoms with van der Waals surface area (Å²) in [6.07, 6.45) is 4.31.